The average molecular weight is 280 g/mol. The lowest BCUT2D eigenvalue weighted by molar-refractivity contribution is 0.156. The molecule has 19 heavy (non-hydrogen) atoms. The van der Waals surface area contributed by atoms with Gasteiger partial charge < -0.3 is 9.67 Å². The van der Waals surface area contributed by atoms with Crippen LogP contribution in [0.3, 0.4) is 0 Å². The maximum atomic E-state index is 14.1. The number of aliphatic hydroxyl groups excluding tert-OH is 1. The number of aromatic nitrogens is 1. The minimum atomic E-state index is -0.431. The van der Waals surface area contributed by atoms with Crippen molar-refractivity contribution in [1.82, 2.24) is 4.57 Å². The van der Waals surface area contributed by atoms with E-state index in [1.54, 1.807) is 12.1 Å². The lowest BCUT2D eigenvalue weighted by atomic mass is 9.95. The van der Waals surface area contributed by atoms with Gasteiger partial charge in [-0.2, -0.15) is 0 Å². The third-order valence-electron chi connectivity index (χ3n) is 3.72. The molecule has 2 nitrogen and oxygen atoms in total. The van der Waals surface area contributed by atoms with Crippen molar-refractivity contribution in [3.63, 3.8) is 0 Å². The van der Waals surface area contributed by atoms with E-state index in [4.69, 9.17) is 11.6 Å². The third kappa shape index (κ3) is 2.07. The zero-order valence-corrected chi connectivity index (χ0v) is 11.4. The molecule has 0 saturated heterocycles. The Kier molecular flexibility index (Phi) is 3.11. The van der Waals surface area contributed by atoms with Crippen molar-refractivity contribution in [2.24, 2.45) is 0 Å². The van der Waals surface area contributed by atoms with Crippen LogP contribution in [-0.2, 0) is 6.42 Å². The quantitative estimate of drug-likeness (QED) is 0.840. The molecule has 1 heterocycles. The summed E-state index contributed by atoms with van der Waals surface area (Å²) in [5, 5.41) is 10.4. The fraction of sp³-hybridized carbons (Fsp3) is 0.333. The molecule has 3 rings (SSSR count). The van der Waals surface area contributed by atoms with Gasteiger partial charge >= 0.3 is 0 Å². The van der Waals surface area contributed by atoms with Crippen LogP contribution in [0.5, 0.6) is 0 Å². The van der Waals surface area contributed by atoms with E-state index >= 15 is 0 Å². The van der Waals surface area contributed by atoms with Crippen LogP contribution in [0.4, 0.5) is 4.39 Å². The molecular formula is C15H15ClFNO. The minimum Gasteiger partial charge on any atom is -0.388 e. The maximum Gasteiger partial charge on any atom is 0.148 e. The molecule has 0 radical (unpaired) electrons. The summed E-state index contributed by atoms with van der Waals surface area (Å²) in [6.45, 7) is 1.93. The molecule has 0 bridgehead atoms. The van der Waals surface area contributed by atoms with Crippen LogP contribution in [0.25, 0.3) is 5.69 Å². The molecule has 1 aliphatic rings. The van der Waals surface area contributed by atoms with E-state index in [2.05, 4.69) is 0 Å². The Morgan fingerprint density at radius 1 is 1.37 bits per heavy atom. The largest absolute Gasteiger partial charge is 0.388 e. The molecule has 0 aliphatic heterocycles. The first kappa shape index (κ1) is 12.7. The second kappa shape index (κ2) is 4.66. The molecule has 1 N–H and O–H groups in total. The summed E-state index contributed by atoms with van der Waals surface area (Å²) in [6, 6.07) is 6.65. The van der Waals surface area contributed by atoms with E-state index in [1.165, 1.54) is 6.07 Å². The first-order valence-corrected chi connectivity index (χ1v) is 6.80. The lowest BCUT2D eigenvalue weighted by Crippen LogP contribution is -2.12. The van der Waals surface area contributed by atoms with Crippen molar-refractivity contribution >= 4 is 11.6 Å². The topological polar surface area (TPSA) is 25.2 Å². The smallest absolute Gasteiger partial charge is 0.148 e. The van der Waals surface area contributed by atoms with E-state index < -0.39 is 6.10 Å². The standard InChI is InChI=1S/C15H15ClFNO/c1-9-7-11-13(3-2-4-15(11)19)18(9)14-6-5-10(16)8-12(14)17/h5-8,15,19H,2-4H2,1H3. The number of aliphatic hydroxyl groups is 1. The Balaban J connectivity index is 2.20. The van der Waals surface area contributed by atoms with Gasteiger partial charge in [0, 0.05) is 22.0 Å². The van der Waals surface area contributed by atoms with Crippen LogP contribution in [-0.4, -0.2) is 9.67 Å². The number of halogens is 2. The molecule has 100 valence electrons. The Bertz CT molecular complexity index is 635. The van der Waals surface area contributed by atoms with E-state index in [0.717, 1.165) is 36.2 Å². The van der Waals surface area contributed by atoms with Crippen LogP contribution in [0, 0.1) is 12.7 Å². The second-order valence-electron chi connectivity index (χ2n) is 5.03. The first-order valence-electron chi connectivity index (χ1n) is 6.42. The minimum absolute atomic E-state index is 0.339. The number of rotatable bonds is 1. The third-order valence-corrected chi connectivity index (χ3v) is 3.96. The van der Waals surface area contributed by atoms with Crippen LogP contribution < -0.4 is 0 Å². The SMILES string of the molecule is Cc1cc2c(n1-c1ccc(Cl)cc1F)CCCC2O. The molecule has 0 saturated carbocycles. The number of aryl methyl sites for hydroxylation is 1. The van der Waals surface area contributed by atoms with E-state index in [-0.39, 0.29) is 5.82 Å². The van der Waals surface area contributed by atoms with Crippen LogP contribution in [0.1, 0.15) is 35.9 Å². The van der Waals surface area contributed by atoms with Crippen LogP contribution >= 0.6 is 11.6 Å². The molecule has 1 atom stereocenters. The number of benzene rings is 1. The molecule has 1 aliphatic carbocycles. The zero-order valence-electron chi connectivity index (χ0n) is 10.7. The number of fused-ring (bicyclic) bond motifs is 1. The van der Waals surface area contributed by atoms with E-state index in [9.17, 15) is 9.50 Å². The van der Waals surface area contributed by atoms with E-state index in [0.29, 0.717) is 10.7 Å². The monoisotopic (exact) mass is 279 g/mol. The molecule has 1 aromatic heterocycles. The summed E-state index contributed by atoms with van der Waals surface area (Å²) in [4.78, 5) is 0. The fourth-order valence-electron chi connectivity index (χ4n) is 2.88. The lowest BCUT2D eigenvalue weighted by Gasteiger charge is -2.20. The Hall–Kier alpha value is -1.32. The molecule has 0 fully saturated rings. The number of hydrogen-bond acceptors (Lipinski definition) is 1. The average Bonchev–Trinajstić information content (AvgIpc) is 2.68. The molecule has 1 unspecified atom stereocenters. The number of hydrogen-bond donors (Lipinski definition) is 1. The van der Waals surface area contributed by atoms with Crippen LogP contribution in [0.2, 0.25) is 5.02 Å². The van der Waals surface area contributed by atoms with Gasteiger partial charge in [-0.1, -0.05) is 11.6 Å². The normalized spacial score (nSPS) is 18.4. The van der Waals surface area contributed by atoms with Gasteiger partial charge in [-0.05, 0) is 50.5 Å². The Morgan fingerprint density at radius 3 is 2.89 bits per heavy atom. The molecule has 1 aromatic carbocycles. The fourth-order valence-corrected chi connectivity index (χ4v) is 3.03. The highest BCUT2D eigenvalue weighted by Crippen LogP contribution is 2.34. The van der Waals surface area contributed by atoms with E-state index in [1.807, 2.05) is 17.6 Å². The highest BCUT2D eigenvalue weighted by atomic mass is 35.5. The molecule has 0 spiro atoms. The number of nitrogens with zero attached hydrogens (tertiary/aromatic N) is 1. The van der Waals surface area contributed by atoms with Gasteiger partial charge in [-0.15, -0.1) is 0 Å². The highest BCUT2D eigenvalue weighted by molar-refractivity contribution is 6.30. The summed E-state index contributed by atoms with van der Waals surface area (Å²) in [7, 11) is 0. The molecule has 0 amide bonds. The summed E-state index contributed by atoms with van der Waals surface area (Å²) >= 11 is 5.80. The zero-order chi connectivity index (χ0) is 13.6. The van der Waals surface area contributed by atoms with Gasteiger partial charge in [0.15, 0.2) is 0 Å². The predicted octanol–water partition coefficient (Wildman–Crippen LogP) is 3.95. The van der Waals surface area contributed by atoms with Gasteiger partial charge in [0.25, 0.3) is 0 Å². The summed E-state index contributed by atoms with van der Waals surface area (Å²) in [5.41, 5.74) is 3.37. The van der Waals surface area contributed by atoms with Crippen molar-refractivity contribution in [1.29, 1.82) is 0 Å². The summed E-state index contributed by atoms with van der Waals surface area (Å²) < 4.78 is 16.0. The van der Waals surface area contributed by atoms with Gasteiger partial charge in [0.2, 0.25) is 0 Å². The summed E-state index contributed by atoms with van der Waals surface area (Å²) in [5.74, 6) is -0.339. The van der Waals surface area contributed by atoms with Crippen molar-refractivity contribution < 1.29 is 9.50 Å². The maximum absolute atomic E-state index is 14.1. The van der Waals surface area contributed by atoms with Gasteiger partial charge in [-0.3, -0.25) is 0 Å². The highest BCUT2D eigenvalue weighted by Gasteiger charge is 2.24. The van der Waals surface area contributed by atoms with Crippen molar-refractivity contribution in [3.05, 3.63) is 52.1 Å². The summed E-state index contributed by atoms with van der Waals surface area (Å²) in [6.07, 6.45) is 2.13. The Morgan fingerprint density at radius 2 is 2.16 bits per heavy atom. The molecule has 4 heteroatoms. The van der Waals surface area contributed by atoms with Crippen molar-refractivity contribution in [3.8, 4) is 5.69 Å². The van der Waals surface area contributed by atoms with Crippen molar-refractivity contribution in [2.75, 3.05) is 0 Å². The predicted molar refractivity (Wildman–Crippen MR) is 73.4 cm³/mol. The first-order chi connectivity index (χ1) is 9.08. The molecular weight excluding hydrogens is 265 g/mol. The van der Waals surface area contributed by atoms with Gasteiger partial charge in [0.05, 0.1) is 11.8 Å². The molecule has 2 aromatic rings. The van der Waals surface area contributed by atoms with Gasteiger partial charge in [0.1, 0.15) is 5.82 Å². The van der Waals surface area contributed by atoms with Crippen molar-refractivity contribution in [2.45, 2.75) is 32.3 Å². The van der Waals surface area contributed by atoms with Crippen LogP contribution in [0.15, 0.2) is 24.3 Å². The van der Waals surface area contributed by atoms with Gasteiger partial charge in [-0.25, -0.2) is 4.39 Å². The Labute approximate surface area is 116 Å². The second-order valence-corrected chi connectivity index (χ2v) is 5.46.